The normalized spacial score (nSPS) is 17.8. The summed E-state index contributed by atoms with van der Waals surface area (Å²) in [5.74, 6) is 0.0304. The fraction of sp³-hybridized carbons (Fsp3) is 1.00. The standard InChI is InChI=1S/C4H6Br2Cl2O2S/c5-3(1-7)11(9,10)4(6)2-8/h3-4H,1-2H2/t3-,4-/m0/s1. The summed E-state index contributed by atoms with van der Waals surface area (Å²) in [5.41, 5.74) is 0. The summed E-state index contributed by atoms with van der Waals surface area (Å²) in [7, 11) is -3.27. The van der Waals surface area contributed by atoms with Crippen molar-refractivity contribution in [2.75, 3.05) is 11.8 Å². The van der Waals surface area contributed by atoms with Crippen LogP contribution in [0.25, 0.3) is 0 Å². The molecule has 0 saturated carbocycles. The maximum atomic E-state index is 11.2. The highest BCUT2D eigenvalue weighted by atomic mass is 79.9. The molecule has 0 spiro atoms. The molecule has 0 saturated heterocycles. The van der Waals surface area contributed by atoms with Gasteiger partial charge in [0.2, 0.25) is 0 Å². The molecular formula is C4H6Br2Cl2O2S. The Morgan fingerprint density at radius 2 is 1.36 bits per heavy atom. The minimum absolute atomic E-state index is 0.0152. The third kappa shape index (κ3) is 3.38. The van der Waals surface area contributed by atoms with Gasteiger partial charge >= 0.3 is 0 Å². The van der Waals surface area contributed by atoms with Crippen molar-refractivity contribution in [3.63, 3.8) is 0 Å². The molecule has 0 aliphatic heterocycles. The van der Waals surface area contributed by atoms with E-state index in [2.05, 4.69) is 31.9 Å². The third-order valence-corrected chi connectivity index (χ3v) is 8.22. The highest BCUT2D eigenvalue weighted by Crippen LogP contribution is 2.21. The van der Waals surface area contributed by atoms with Gasteiger partial charge in [0.1, 0.15) is 8.32 Å². The van der Waals surface area contributed by atoms with Gasteiger partial charge in [-0.25, -0.2) is 8.42 Å². The van der Waals surface area contributed by atoms with Gasteiger partial charge in [-0.2, -0.15) is 0 Å². The summed E-state index contributed by atoms with van der Waals surface area (Å²) in [6, 6.07) is 0. The van der Waals surface area contributed by atoms with Crippen molar-refractivity contribution in [3.05, 3.63) is 0 Å². The zero-order chi connectivity index (χ0) is 9.07. The lowest BCUT2D eigenvalue weighted by atomic mass is 10.9. The van der Waals surface area contributed by atoms with Crippen LogP contribution in [0, 0.1) is 0 Å². The largest absolute Gasteiger partial charge is 0.226 e. The second kappa shape index (κ2) is 5.27. The van der Waals surface area contributed by atoms with E-state index in [0.29, 0.717) is 0 Å². The number of rotatable bonds is 4. The number of sulfone groups is 1. The van der Waals surface area contributed by atoms with E-state index in [0.717, 1.165) is 0 Å². The molecular weight excluding hydrogens is 343 g/mol. The molecule has 0 aliphatic carbocycles. The van der Waals surface area contributed by atoms with E-state index in [1.165, 1.54) is 0 Å². The molecule has 68 valence electrons. The average Bonchev–Trinajstić information content (AvgIpc) is 2.01. The van der Waals surface area contributed by atoms with Crippen molar-refractivity contribution in [3.8, 4) is 0 Å². The van der Waals surface area contributed by atoms with E-state index in [9.17, 15) is 8.42 Å². The molecule has 2 nitrogen and oxygen atoms in total. The fourth-order valence-corrected chi connectivity index (χ4v) is 4.49. The monoisotopic (exact) mass is 346 g/mol. The quantitative estimate of drug-likeness (QED) is 0.731. The van der Waals surface area contributed by atoms with Gasteiger partial charge in [-0.15, -0.1) is 23.2 Å². The van der Waals surface area contributed by atoms with Crippen LogP contribution in [0.2, 0.25) is 0 Å². The molecule has 0 rings (SSSR count). The molecule has 0 heterocycles. The Bertz CT molecular complexity index is 190. The van der Waals surface area contributed by atoms with Gasteiger partial charge in [0, 0.05) is 11.8 Å². The molecule has 0 aromatic carbocycles. The Hall–Kier alpha value is 1.49. The first kappa shape index (κ1) is 12.5. The summed E-state index contributed by atoms with van der Waals surface area (Å²) in [6.07, 6.45) is 0. The number of halogens is 4. The van der Waals surface area contributed by atoms with Gasteiger partial charge in [0.25, 0.3) is 0 Å². The van der Waals surface area contributed by atoms with Gasteiger partial charge in [-0.1, -0.05) is 31.9 Å². The number of hydrogen-bond acceptors (Lipinski definition) is 2. The van der Waals surface area contributed by atoms with Crippen molar-refractivity contribution < 1.29 is 8.42 Å². The molecule has 0 N–H and O–H groups in total. The SMILES string of the molecule is O=S(=O)([C@H](Br)CCl)[C@H](Br)CCl. The lowest BCUT2D eigenvalue weighted by molar-refractivity contribution is 0.595. The highest BCUT2D eigenvalue weighted by Gasteiger charge is 2.29. The van der Waals surface area contributed by atoms with Crippen molar-refractivity contribution >= 4 is 64.9 Å². The Labute approximate surface area is 92.8 Å². The molecule has 0 aromatic heterocycles. The summed E-state index contributed by atoms with van der Waals surface area (Å²) in [5, 5.41) is 0. The Balaban J connectivity index is 4.46. The molecule has 0 fully saturated rings. The van der Waals surface area contributed by atoms with Crippen LogP contribution in [0.5, 0.6) is 0 Å². The van der Waals surface area contributed by atoms with Crippen LogP contribution in [0.3, 0.4) is 0 Å². The van der Waals surface area contributed by atoms with Crippen molar-refractivity contribution in [1.29, 1.82) is 0 Å². The Kier molecular flexibility index (Phi) is 5.98. The van der Waals surface area contributed by atoms with E-state index >= 15 is 0 Å². The zero-order valence-electron chi connectivity index (χ0n) is 5.31. The number of hydrogen-bond donors (Lipinski definition) is 0. The molecule has 0 amide bonds. The summed E-state index contributed by atoms with van der Waals surface area (Å²) < 4.78 is 21.0. The van der Waals surface area contributed by atoms with Gasteiger partial charge in [-0.05, 0) is 0 Å². The van der Waals surface area contributed by atoms with E-state index in [4.69, 9.17) is 23.2 Å². The fourth-order valence-electron chi connectivity index (χ4n) is 0.336. The van der Waals surface area contributed by atoms with Crippen LogP contribution < -0.4 is 0 Å². The molecule has 0 unspecified atom stereocenters. The summed E-state index contributed by atoms with van der Waals surface area (Å²) in [6.45, 7) is 0. The zero-order valence-corrected chi connectivity index (χ0v) is 10.8. The highest BCUT2D eigenvalue weighted by molar-refractivity contribution is 9.13. The molecule has 0 aliphatic rings. The topological polar surface area (TPSA) is 34.1 Å². The van der Waals surface area contributed by atoms with Crippen molar-refractivity contribution in [1.82, 2.24) is 0 Å². The summed E-state index contributed by atoms with van der Waals surface area (Å²) in [4.78, 5) is 0. The Morgan fingerprint density at radius 3 is 1.55 bits per heavy atom. The van der Waals surface area contributed by atoms with Crippen LogP contribution in [0.1, 0.15) is 0 Å². The van der Waals surface area contributed by atoms with Crippen molar-refractivity contribution in [2.45, 2.75) is 8.32 Å². The lowest BCUT2D eigenvalue weighted by Gasteiger charge is -2.11. The van der Waals surface area contributed by atoms with Crippen LogP contribution in [0.4, 0.5) is 0 Å². The maximum Gasteiger partial charge on any atom is 0.178 e. The average molecular weight is 349 g/mol. The van der Waals surface area contributed by atoms with E-state index < -0.39 is 18.2 Å². The van der Waals surface area contributed by atoms with E-state index in [1.807, 2.05) is 0 Å². The molecule has 0 aromatic rings. The van der Waals surface area contributed by atoms with E-state index in [-0.39, 0.29) is 11.8 Å². The van der Waals surface area contributed by atoms with Crippen molar-refractivity contribution in [2.24, 2.45) is 0 Å². The van der Waals surface area contributed by atoms with Crippen LogP contribution >= 0.6 is 55.1 Å². The maximum absolute atomic E-state index is 11.2. The second-order valence-electron chi connectivity index (χ2n) is 1.72. The van der Waals surface area contributed by atoms with Crippen LogP contribution in [-0.2, 0) is 9.84 Å². The third-order valence-electron chi connectivity index (χ3n) is 0.956. The molecule has 0 bridgehead atoms. The first-order valence-electron chi connectivity index (χ1n) is 2.59. The summed E-state index contributed by atoms with van der Waals surface area (Å²) >= 11 is 16.6. The first-order valence-corrected chi connectivity index (χ1v) is 7.10. The van der Waals surface area contributed by atoms with Gasteiger partial charge in [0.15, 0.2) is 9.84 Å². The predicted molar refractivity (Wildman–Crippen MR) is 55.8 cm³/mol. The molecule has 7 heteroatoms. The minimum Gasteiger partial charge on any atom is -0.226 e. The van der Waals surface area contributed by atoms with Crippen LogP contribution in [-0.4, -0.2) is 28.5 Å². The van der Waals surface area contributed by atoms with Gasteiger partial charge in [0.05, 0.1) is 0 Å². The lowest BCUT2D eigenvalue weighted by Crippen LogP contribution is -2.26. The molecule has 0 radical (unpaired) electrons. The molecule has 2 atom stereocenters. The smallest absolute Gasteiger partial charge is 0.178 e. The van der Waals surface area contributed by atoms with E-state index in [1.54, 1.807) is 0 Å². The number of alkyl halides is 4. The first-order chi connectivity index (χ1) is 4.96. The second-order valence-corrected chi connectivity index (χ2v) is 8.07. The van der Waals surface area contributed by atoms with Crippen LogP contribution in [0.15, 0.2) is 0 Å². The minimum atomic E-state index is -3.27. The Morgan fingerprint density at radius 1 is 1.09 bits per heavy atom. The van der Waals surface area contributed by atoms with Gasteiger partial charge < -0.3 is 0 Å². The molecule has 11 heavy (non-hydrogen) atoms. The van der Waals surface area contributed by atoms with Gasteiger partial charge in [-0.3, -0.25) is 0 Å². The predicted octanol–water partition coefficient (Wildman–Crippen LogP) is 2.32.